The lowest BCUT2D eigenvalue weighted by Crippen LogP contribution is -2.58. The first-order chi connectivity index (χ1) is 8.08. The Hall–Kier alpha value is -0.160. The van der Waals surface area contributed by atoms with Crippen LogP contribution in [0.1, 0.15) is 20.3 Å². The van der Waals surface area contributed by atoms with Gasteiger partial charge in [0, 0.05) is 50.8 Å². The van der Waals surface area contributed by atoms with Crippen LogP contribution >= 0.6 is 0 Å². The number of hydrogen-bond acceptors (Lipinski definition) is 4. The summed E-state index contributed by atoms with van der Waals surface area (Å²) >= 11 is 0. The van der Waals surface area contributed by atoms with Crippen molar-refractivity contribution in [3.05, 3.63) is 0 Å². The average Bonchev–Trinajstić information content (AvgIpc) is 2.74. The van der Waals surface area contributed by atoms with Gasteiger partial charge < -0.3 is 15.5 Å². The molecule has 4 heteroatoms. The maximum absolute atomic E-state index is 3.75. The summed E-state index contributed by atoms with van der Waals surface area (Å²) in [6, 6.07) is 0.696. The lowest BCUT2D eigenvalue weighted by atomic mass is 10.0. The van der Waals surface area contributed by atoms with Gasteiger partial charge in [0.05, 0.1) is 0 Å². The average molecular weight is 240 g/mol. The number of hydrogen-bond donors (Lipinski definition) is 2. The Bertz CT molecular complexity index is 236. The zero-order valence-electron chi connectivity index (χ0n) is 11.6. The fourth-order valence-corrected chi connectivity index (χ4v) is 2.88. The van der Waals surface area contributed by atoms with Gasteiger partial charge in [-0.15, -0.1) is 0 Å². The lowest BCUT2D eigenvalue weighted by molar-refractivity contribution is 0.0996. The van der Waals surface area contributed by atoms with Gasteiger partial charge in [-0.25, -0.2) is 0 Å². The molecule has 2 saturated heterocycles. The van der Waals surface area contributed by atoms with Gasteiger partial charge in [0.1, 0.15) is 0 Å². The topological polar surface area (TPSA) is 30.5 Å². The molecule has 2 aliphatic heterocycles. The third kappa shape index (κ3) is 3.65. The van der Waals surface area contributed by atoms with E-state index in [1.165, 1.54) is 32.6 Å². The smallest absolute Gasteiger partial charge is 0.0278 e. The minimum Gasteiger partial charge on any atom is -0.314 e. The highest BCUT2D eigenvalue weighted by Crippen LogP contribution is 2.15. The summed E-state index contributed by atoms with van der Waals surface area (Å²) < 4.78 is 0. The second-order valence-electron chi connectivity index (χ2n) is 6.18. The Morgan fingerprint density at radius 2 is 1.94 bits per heavy atom. The third-order valence-electron chi connectivity index (χ3n) is 4.19. The van der Waals surface area contributed by atoms with Gasteiger partial charge in [-0.1, -0.05) is 0 Å². The molecule has 0 radical (unpaired) electrons. The molecule has 0 aromatic rings. The molecule has 100 valence electrons. The van der Waals surface area contributed by atoms with E-state index in [1.807, 2.05) is 0 Å². The van der Waals surface area contributed by atoms with Crippen LogP contribution < -0.4 is 10.6 Å². The highest BCUT2D eigenvalue weighted by atomic mass is 15.3. The van der Waals surface area contributed by atoms with E-state index >= 15 is 0 Å². The molecular formula is C13H28N4. The van der Waals surface area contributed by atoms with Crippen LogP contribution in [0.15, 0.2) is 0 Å². The third-order valence-corrected chi connectivity index (χ3v) is 4.19. The van der Waals surface area contributed by atoms with Crippen LogP contribution in [0.25, 0.3) is 0 Å². The fraction of sp³-hybridized carbons (Fsp3) is 1.00. The summed E-state index contributed by atoms with van der Waals surface area (Å²) in [6.45, 7) is 12.9. The second-order valence-corrected chi connectivity index (χ2v) is 6.18. The van der Waals surface area contributed by atoms with Crippen molar-refractivity contribution in [2.24, 2.45) is 0 Å². The van der Waals surface area contributed by atoms with Crippen LogP contribution in [-0.4, -0.2) is 74.2 Å². The van der Waals surface area contributed by atoms with E-state index in [0.29, 0.717) is 6.04 Å². The zero-order valence-corrected chi connectivity index (χ0v) is 11.6. The molecule has 17 heavy (non-hydrogen) atoms. The van der Waals surface area contributed by atoms with Crippen molar-refractivity contribution in [1.82, 2.24) is 20.4 Å². The van der Waals surface area contributed by atoms with Gasteiger partial charge >= 0.3 is 0 Å². The number of piperazine rings is 1. The first-order valence-corrected chi connectivity index (χ1v) is 6.96. The quantitative estimate of drug-likeness (QED) is 0.722. The molecular weight excluding hydrogens is 212 g/mol. The molecule has 2 fully saturated rings. The van der Waals surface area contributed by atoms with E-state index in [1.54, 1.807) is 0 Å². The van der Waals surface area contributed by atoms with Gasteiger partial charge in [0.25, 0.3) is 0 Å². The van der Waals surface area contributed by atoms with Crippen molar-refractivity contribution in [1.29, 1.82) is 0 Å². The Labute approximate surface area is 106 Å². The normalized spacial score (nSPS) is 28.8. The summed E-state index contributed by atoms with van der Waals surface area (Å²) in [5.74, 6) is 0. The maximum atomic E-state index is 3.75. The van der Waals surface area contributed by atoms with E-state index < -0.39 is 0 Å². The predicted molar refractivity (Wildman–Crippen MR) is 72.4 cm³/mol. The van der Waals surface area contributed by atoms with E-state index in [4.69, 9.17) is 0 Å². The Morgan fingerprint density at radius 3 is 2.53 bits per heavy atom. The van der Waals surface area contributed by atoms with Crippen LogP contribution in [0.4, 0.5) is 0 Å². The Balaban J connectivity index is 1.76. The van der Waals surface area contributed by atoms with E-state index in [2.05, 4.69) is 41.3 Å². The molecule has 0 aromatic carbocycles. The molecule has 0 saturated carbocycles. The van der Waals surface area contributed by atoms with Crippen molar-refractivity contribution in [2.75, 3.05) is 52.9 Å². The van der Waals surface area contributed by atoms with Crippen LogP contribution in [0.3, 0.4) is 0 Å². The molecule has 0 spiro atoms. The zero-order chi connectivity index (χ0) is 12.3. The Kier molecular flexibility index (Phi) is 4.42. The summed E-state index contributed by atoms with van der Waals surface area (Å²) in [7, 11) is 2.21. The van der Waals surface area contributed by atoms with Crippen molar-refractivity contribution in [2.45, 2.75) is 31.8 Å². The van der Waals surface area contributed by atoms with Gasteiger partial charge in [0.2, 0.25) is 0 Å². The molecule has 2 rings (SSSR count). The molecule has 0 aliphatic carbocycles. The highest BCUT2D eigenvalue weighted by molar-refractivity contribution is 4.89. The number of rotatable bonds is 4. The minimum atomic E-state index is 0.281. The largest absolute Gasteiger partial charge is 0.314 e. The molecule has 1 unspecified atom stereocenters. The molecule has 4 nitrogen and oxygen atoms in total. The van der Waals surface area contributed by atoms with Gasteiger partial charge in [-0.3, -0.25) is 4.90 Å². The van der Waals surface area contributed by atoms with Gasteiger partial charge in [0.15, 0.2) is 0 Å². The van der Waals surface area contributed by atoms with Crippen molar-refractivity contribution < 1.29 is 0 Å². The fourth-order valence-electron chi connectivity index (χ4n) is 2.88. The molecule has 2 aliphatic rings. The summed E-state index contributed by atoms with van der Waals surface area (Å²) in [6.07, 6.45) is 1.30. The Morgan fingerprint density at radius 1 is 1.24 bits per heavy atom. The summed E-state index contributed by atoms with van der Waals surface area (Å²) in [5.41, 5.74) is 0.281. The van der Waals surface area contributed by atoms with Crippen molar-refractivity contribution in [3.8, 4) is 0 Å². The van der Waals surface area contributed by atoms with Crippen LogP contribution in [0.2, 0.25) is 0 Å². The van der Waals surface area contributed by atoms with E-state index in [0.717, 1.165) is 19.6 Å². The number of likely N-dealkylation sites (N-methyl/N-ethyl adjacent to an activating group) is 1. The number of likely N-dealkylation sites (tertiary alicyclic amines) is 1. The van der Waals surface area contributed by atoms with Crippen LogP contribution in [0.5, 0.6) is 0 Å². The minimum absolute atomic E-state index is 0.281. The van der Waals surface area contributed by atoms with Crippen molar-refractivity contribution in [3.63, 3.8) is 0 Å². The summed E-state index contributed by atoms with van der Waals surface area (Å²) in [4.78, 5) is 5.02. The maximum Gasteiger partial charge on any atom is 0.0278 e. The predicted octanol–water partition coefficient (Wildman–Crippen LogP) is -0.0361. The van der Waals surface area contributed by atoms with Crippen LogP contribution in [-0.2, 0) is 0 Å². The lowest BCUT2D eigenvalue weighted by Gasteiger charge is -2.42. The standard InChI is InChI=1S/C13H28N4/c1-13(2,17-8-5-14-6-9-17)11-15-12-4-7-16(3)10-12/h12,14-15H,4-11H2,1-3H3. The van der Waals surface area contributed by atoms with E-state index in [9.17, 15) is 0 Å². The van der Waals surface area contributed by atoms with Gasteiger partial charge in [-0.2, -0.15) is 0 Å². The molecule has 2 N–H and O–H groups in total. The SMILES string of the molecule is CN1CCC(NCC(C)(C)N2CCNCC2)C1. The number of nitrogens with zero attached hydrogens (tertiary/aromatic N) is 2. The molecule has 1 atom stereocenters. The summed E-state index contributed by atoms with van der Waals surface area (Å²) in [5, 5.41) is 7.17. The highest BCUT2D eigenvalue weighted by Gasteiger charge is 2.29. The molecule has 0 bridgehead atoms. The monoisotopic (exact) mass is 240 g/mol. The second kappa shape index (κ2) is 5.65. The molecule has 0 amide bonds. The van der Waals surface area contributed by atoms with Crippen molar-refractivity contribution >= 4 is 0 Å². The molecule has 2 heterocycles. The van der Waals surface area contributed by atoms with E-state index in [-0.39, 0.29) is 5.54 Å². The first kappa shape index (κ1) is 13.3. The molecule has 0 aromatic heterocycles. The number of nitrogens with one attached hydrogen (secondary N) is 2. The van der Waals surface area contributed by atoms with Gasteiger partial charge in [-0.05, 0) is 33.9 Å². The van der Waals surface area contributed by atoms with Crippen LogP contribution in [0, 0.1) is 0 Å². The first-order valence-electron chi connectivity index (χ1n) is 6.96.